The number of hydrogen-bond donors (Lipinski definition) is 2. The van der Waals surface area contributed by atoms with Gasteiger partial charge in [0.1, 0.15) is 34.0 Å². The highest BCUT2D eigenvalue weighted by Crippen LogP contribution is 2.51. The van der Waals surface area contributed by atoms with E-state index in [1.165, 1.54) is 37.8 Å². The Bertz CT molecular complexity index is 2190. The van der Waals surface area contributed by atoms with Crippen molar-refractivity contribution < 1.29 is 33.2 Å². The molecule has 0 radical (unpaired) electrons. The molecule has 10 nitrogen and oxygen atoms in total. The highest BCUT2D eigenvalue weighted by molar-refractivity contribution is 6.04. The minimum atomic E-state index is -1.00. The fraction of sp³-hybridized carbons (Fsp3) is 0.558. The number of β-amino-alcohol motifs (C(OH)–C–C–N with tert-alkyl or cyclic N) is 1. The number of fused-ring (bicyclic) bond motifs is 3. The van der Waals surface area contributed by atoms with Crippen LogP contribution in [0, 0.1) is 29.4 Å². The SMILES string of the molecule is C#Cc1c(F)ccc2cc(O)cc(-c3nc(OC)c4c(N5CCC[C@@](C)(O)C5)nc(OC[C@]56CCC[C@H]5N(C5CCC7(CCO7)CC5)CCC6)nc4c3F)c12. The van der Waals surface area contributed by atoms with Gasteiger partial charge in [-0.15, -0.1) is 6.42 Å². The molecular formula is C43H49F2N5O5. The summed E-state index contributed by atoms with van der Waals surface area (Å²) in [6.45, 7) is 4.97. The number of benzene rings is 2. The molecule has 1 spiro atoms. The first-order chi connectivity index (χ1) is 26.5. The molecule has 2 aromatic heterocycles. The molecule has 2 aliphatic carbocycles. The van der Waals surface area contributed by atoms with Crippen molar-refractivity contribution in [1.82, 2.24) is 19.9 Å². The maximum atomic E-state index is 17.3. The zero-order valence-corrected chi connectivity index (χ0v) is 31.7. The van der Waals surface area contributed by atoms with Crippen LogP contribution in [0.4, 0.5) is 14.6 Å². The van der Waals surface area contributed by atoms with Crippen LogP contribution in [0.1, 0.15) is 89.5 Å². The first-order valence-corrected chi connectivity index (χ1v) is 19.9. The number of methoxy groups -OCH3 is 1. The van der Waals surface area contributed by atoms with Crippen LogP contribution in [0.25, 0.3) is 32.9 Å². The van der Waals surface area contributed by atoms with Crippen molar-refractivity contribution in [2.24, 2.45) is 5.41 Å². The van der Waals surface area contributed by atoms with Gasteiger partial charge in [-0.2, -0.15) is 9.97 Å². The van der Waals surface area contributed by atoms with Crippen LogP contribution in [0.2, 0.25) is 0 Å². The Labute approximate surface area is 320 Å². The molecule has 3 aliphatic heterocycles. The molecule has 3 saturated heterocycles. The third-order valence-corrected chi connectivity index (χ3v) is 13.5. The average Bonchev–Trinajstić information content (AvgIpc) is 3.61. The summed E-state index contributed by atoms with van der Waals surface area (Å²) in [4.78, 5) is 19.0. The Balaban J connectivity index is 1.13. The Morgan fingerprint density at radius 1 is 0.982 bits per heavy atom. The largest absolute Gasteiger partial charge is 0.508 e. The molecule has 5 aliphatic rings. The third-order valence-electron chi connectivity index (χ3n) is 13.5. The molecule has 290 valence electrons. The van der Waals surface area contributed by atoms with Crippen molar-refractivity contribution in [2.45, 2.75) is 107 Å². The maximum absolute atomic E-state index is 17.3. The number of aliphatic hydroxyl groups is 1. The summed E-state index contributed by atoms with van der Waals surface area (Å²) in [5.74, 6) is 1.14. The summed E-state index contributed by atoms with van der Waals surface area (Å²) in [6.07, 6.45) is 18.2. The van der Waals surface area contributed by atoms with E-state index in [9.17, 15) is 10.2 Å². The number of phenolic OH excluding ortho intramolecular Hbond substituents is 1. The fourth-order valence-electron chi connectivity index (χ4n) is 10.7. The summed E-state index contributed by atoms with van der Waals surface area (Å²) in [7, 11) is 1.43. The highest BCUT2D eigenvalue weighted by Gasteiger charge is 2.52. The number of phenols is 1. The number of nitrogens with zero attached hydrogens (tertiary/aromatic N) is 5. The van der Waals surface area contributed by atoms with Crippen LogP contribution in [-0.4, -0.2) is 93.3 Å². The quantitative estimate of drug-likeness (QED) is 0.187. The van der Waals surface area contributed by atoms with Gasteiger partial charge in [0, 0.05) is 41.5 Å². The number of anilines is 1. The van der Waals surface area contributed by atoms with Gasteiger partial charge in [0.25, 0.3) is 0 Å². The van der Waals surface area contributed by atoms with Crippen molar-refractivity contribution in [1.29, 1.82) is 0 Å². The van der Waals surface area contributed by atoms with Gasteiger partial charge < -0.3 is 29.3 Å². The standard InChI is InChI=1S/C43H49F2N5O5/c1-4-29-31(44)10-9-26-22-28(51)23-30(33(26)29)36-35(45)37-34(39(46-36)53-3)38(49-19-6-13-41(2,52)24-49)48-40(47-37)54-25-42-14-5-8-32(42)50(20-7-15-42)27-11-16-43(17-12-27)18-21-55-43/h1,9-10,22-23,27,32,51-52H,5-8,11-21,24-25H2,2-3H3/t27?,32-,41-,42-,43?/m1/s1. The van der Waals surface area contributed by atoms with Crippen LogP contribution in [0.3, 0.4) is 0 Å². The monoisotopic (exact) mass is 753 g/mol. The van der Waals surface area contributed by atoms with Gasteiger partial charge >= 0.3 is 6.01 Å². The Kier molecular flexibility index (Phi) is 9.06. The topological polar surface area (TPSA) is 113 Å². The number of likely N-dealkylation sites (tertiary alicyclic amines) is 1. The van der Waals surface area contributed by atoms with E-state index in [2.05, 4.69) is 15.8 Å². The van der Waals surface area contributed by atoms with Gasteiger partial charge in [0.05, 0.1) is 37.1 Å². The van der Waals surface area contributed by atoms with Crippen LogP contribution < -0.4 is 14.4 Å². The van der Waals surface area contributed by atoms with Crippen molar-refractivity contribution in [3.05, 3.63) is 41.5 Å². The second-order valence-corrected chi connectivity index (χ2v) is 16.9. The number of aromatic hydroxyl groups is 1. The van der Waals surface area contributed by atoms with Gasteiger partial charge in [-0.1, -0.05) is 18.4 Å². The van der Waals surface area contributed by atoms with Gasteiger partial charge in [-0.3, -0.25) is 4.90 Å². The summed E-state index contributed by atoms with van der Waals surface area (Å²) >= 11 is 0. The fourth-order valence-corrected chi connectivity index (χ4v) is 10.7. The van der Waals surface area contributed by atoms with Crippen molar-refractivity contribution >= 4 is 27.5 Å². The first kappa shape index (κ1) is 36.3. The van der Waals surface area contributed by atoms with Crippen molar-refractivity contribution in [3.63, 3.8) is 0 Å². The van der Waals surface area contributed by atoms with E-state index in [-0.39, 0.29) is 68.3 Å². The van der Waals surface area contributed by atoms with Gasteiger partial charge in [-0.25, -0.2) is 13.8 Å². The average molecular weight is 754 g/mol. The van der Waals surface area contributed by atoms with Crippen LogP contribution in [0.15, 0.2) is 24.3 Å². The lowest BCUT2D eigenvalue weighted by molar-refractivity contribution is -0.175. The number of piperidine rings is 2. The van der Waals surface area contributed by atoms with Crippen LogP contribution >= 0.6 is 0 Å². The Hall–Kier alpha value is -4.31. The minimum absolute atomic E-state index is 0.0285. The molecule has 2 saturated carbocycles. The summed E-state index contributed by atoms with van der Waals surface area (Å²) in [5.41, 5.74) is -1.26. The number of ether oxygens (including phenoxy) is 3. The van der Waals surface area contributed by atoms with E-state index in [1.54, 1.807) is 6.92 Å². The lowest BCUT2D eigenvalue weighted by Gasteiger charge is -2.53. The molecule has 5 heterocycles. The minimum Gasteiger partial charge on any atom is -0.508 e. The molecule has 2 aromatic carbocycles. The zero-order chi connectivity index (χ0) is 38.1. The molecule has 12 heteroatoms. The first-order valence-electron chi connectivity index (χ1n) is 19.9. The van der Waals surface area contributed by atoms with Crippen molar-refractivity contribution in [2.75, 3.05) is 44.9 Å². The van der Waals surface area contributed by atoms with E-state index in [1.807, 2.05) is 4.90 Å². The molecule has 0 bridgehead atoms. The molecule has 9 rings (SSSR count). The van der Waals surface area contributed by atoms with E-state index in [0.29, 0.717) is 49.3 Å². The Morgan fingerprint density at radius 3 is 2.49 bits per heavy atom. The predicted octanol–water partition coefficient (Wildman–Crippen LogP) is 7.29. The van der Waals surface area contributed by atoms with Crippen LogP contribution in [0.5, 0.6) is 17.6 Å². The number of aromatic nitrogens is 3. The second kappa shape index (κ2) is 13.7. The number of pyridine rings is 1. The Morgan fingerprint density at radius 2 is 1.76 bits per heavy atom. The second-order valence-electron chi connectivity index (χ2n) is 16.9. The molecule has 55 heavy (non-hydrogen) atoms. The zero-order valence-electron chi connectivity index (χ0n) is 31.7. The van der Waals surface area contributed by atoms with E-state index in [0.717, 1.165) is 70.9 Å². The smallest absolute Gasteiger partial charge is 0.319 e. The van der Waals surface area contributed by atoms with Gasteiger partial charge in [0.2, 0.25) is 5.88 Å². The molecular weight excluding hydrogens is 704 g/mol. The van der Waals surface area contributed by atoms with E-state index >= 15 is 8.78 Å². The van der Waals surface area contributed by atoms with Crippen molar-refractivity contribution in [3.8, 4) is 41.2 Å². The number of hydrogen-bond acceptors (Lipinski definition) is 10. The number of halogens is 2. The third kappa shape index (κ3) is 6.23. The van der Waals surface area contributed by atoms with Gasteiger partial charge in [0.15, 0.2) is 5.82 Å². The summed E-state index contributed by atoms with van der Waals surface area (Å²) in [6, 6.07) is 6.42. The van der Waals surface area contributed by atoms with Crippen LogP contribution in [-0.2, 0) is 4.74 Å². The summed E-state index contributed by atoms with van der Waals surface area (Å²) < 4.78 is 50.9. The lowest BCUT2D eigenvalue weighted by atomic mass is 9.72. The molecule has 2 N–H and O–H groups in total. The molecule has 5 fully saturated rings. The number of rotatable bonds is 7. The lowest BCUT2D eigenvalue weighted by Crippen LogP contribution is -2.58. The summed E-state index contributed by atoms with van der Waals surface area (Å²) in [5, 5.41) is 22.8. The maximum Gasteiger partial charge on any atom is 0.319 e. The molecule has 0 amide bonds. The molecule has 3 atom stereocenters. The highest BCUT2D eigenvalue weighted by atomic mass is 19.1. The molecule has 0 unspecified atom stereocenters. The van der Waals surface area contributed by atoms with E-state index < -0.39 is 17.2 Å². The molecule has 4 aromatic rings. The predicted molar refractivity (Wildman–Crippen MR) is 205 cm³/mol. The van der Waals surface area contributed by atoms with E-state index in [4.69, 9.17) is 30.6 Å². The van der Waals surface area contributed by atoms with Gasteiger partial charge in [-0.05, 0) is 108 Å². The number of terminal acetylenes is 1. The normalized spacial score (nSPS) is 29.6.